The summed E-state index contributed by atoms with van der Waals surface area (Å²) >= 11 is 7.76. The van der Waals surface area contributed by atoms with Crippen molar-refractivity contribution < 1.29 is 0 Å². The minimum atomic E-state index is 0.710. The van der Waals surface area contributed by atoms with Gasteiger partial charge in [0.25, 0.3) is 0 Å². The largest absolute Gasteiger partial charge is 0.346 e. The van der Waals surface area contributed by atoms with Gasteiger partial charge in [0.05, 0.1) is 28.3 Å². The molecule has 0 radical (unpaired) electrons. The zero-order valence-corrected chi connectivity index (χ0v) is 16.0. The molecular weight excluding hydrogens is 380 g/mol. The van der Waals surface area contributed by atoms with Gasteiger partial charge in [-0.25, -0.2) is 9.97 Å². The van der Waals surface area contributed by atoms with Crippen molar-refractivity contribution in [3.63, 3.8) is 0 Å². The first-order chi connectivity index (χ1) is 13.3. The van der Waals surface area contributed by atoms with Gasteiger partial charge in [-0.2, -0.15) is 0 Å². The average Bonchev–Trinajstić information content (AvgIpc) is 3.34. The third kappa shape index (κ3) is 3.07. The van der Waals surface area contributed by atoms with Crippen molar-refractivity contribution >= 4 is 39.1 Å². The maximum atomic E-state index is 6.08. The van der Waals surface area contributed by atoms with Gasteiger partial charge in [0.1, 0.15) is 0 Å². The van der Waals surface area contributed by atoms with E-state index in [0.29, 0.717) is 5.02 Å². The predicted molar refractivity (Wildman–Crippen MR) is 110 cm³/mol. The smallest absolute Gasteiger partial charge is 0.186 e. The Kier molecular flexibility index (Phi) is 4.27. The second-order valence-electron chi connectivity index (χ2n) is 6.36. The first-order valence-corrected chi connectivity index (χ1v) is 9.99. The fourth-order valence-electron chi connectivity index (χ4n) is 3.31. The van der Waals surface area contributed by atoms with Gasteiger partial charge in [-0.15, -0.1) is 0 Å². The maximum absolute atomic E-state index is 6.08. The summed E-state index contributed by atoms with van der Waals surface area (Å²) < 4.78 is 2.12. The van der Waals surface area contributed by atoms with Crippen molar-refractivity contribution in [1.29, 1.82) is 0 Å². The number of aromatic nitrogens is 4. The summed E-state index contributed by atoms with van der Waals surface area (Å²) in [5.41, 5.74) is 2.88. The molecular formula is C19H17ClN6S. The van der Waals surface area contributed by atoms with Crippen molar-refractivity contribution in [2.45, 2.75) is 0 Å². The van der Waals surface area contributed by atoms with E-state index < -0.39 is 0 Å². The van der Waals surface area contributed by atoms with Gasteiger partial charge >= 0.3 is 0 Å². The second kappa shape index (κ2) is 6.92. The Morgan fingerprint density at radius 3 is 2.67 bits per heavy atom. The Balaban J connectivity index is 1.64. The lowest BCUT2D eigenvalue weighted by Gasteiger charge is -2.26. The molecule has 4 heterocycles. The van der Waals surface area contributed by atoms with Crippen LogP contribution in [0, 0.1) is 0 Å². The summed E-state index contributed by atoms with van der Waals surface area (Å²) in [5, 5.41) is 5.13. The molecule has 0 saturated carbocycles. The highest BCUT2D eigenvalue weighted by atomic mass is 35.5. The quantitative estimate of drug-likeness (QED) is 0.573. The fourth-order valence-corrected chi connectivity index (χ4v) is 4.38. The lowest BCUT2D eigenvalue weighted by molar-refractivity contribution is 0.588. The monoisotopic (exact) mass is 396 g/mol. The van der Waals surface area contributed by atoms with Crippen LogP contribution in [0.5, 0.6) is 0 Å². The lowest BCUT2D eigenvalue weighted by Crippen LogP contribution is -2.43. The molecule has 136 valence electrons. The van der Waals surface area contributed by atoms with Crippen LogP contribution < -0.4 is 10.2 Å². The van der Waals surface area contributed by atoms with E-state index in [-0.39, 0.29) is 0 Å². The summed E-state index contributed by atoms with van der Waals surface area (Å²) in [4.78, 5) is 17.2. The topological polar surface area (TPSA) is 58.9 Å². The zero-order valence-electron chi connectivity index (χ0n) is 14.5. The number of rotatable bonds is 3. The van der Waals surface area contributed by atoms with Crippen LogP contribution in [-0.2, 0) is 0 Å². The molecule has 3 aromatic heterocycles. The van der Waals surface area contributed by atoms with E-state index in [9.17, 15) is 0 Å². The molecule has 0 amide bonds. The Morgan fingerprint density at radius 1 is 1.04 bits per heavy atom. The van der Waals surface area contributed by atoms with Crippen LogP contribution in [0.15, 0.2) is 48.9 Å². The highest BCUT2D eigenvalue weighted by molar-refractivity contribution is 7.18. The highest BCUT2D eigenvalue weighted by Gasteiger charge is 2.19. The van der Waals surface area contributed by atoms with Crippen LogP contribution in [0.25, 0.3) is 27.4 Å². The Morgan fingerprint density at radius 2 is 1.85 bits per heavy atom. The molecule has 0 atom stereocenters. The van der Waals surface area contributed by atoms with Crippen molar-refractivity contribution in [2.24, 2.45) is 0 Å². The number of hydrogen-bond donors (Lipinski definition) is 1. The summed E-state index contributed by atoms with van der Waals surface area (Å²) in [6, 6.07) is 9.71. The van der Waals surface area contributed by atoms with Crippen molar-refractivity contribution in [2.75, 3.05) is 31.1 Å². The Labute approximate surface area is 165 Å². The first-order valence-electron chi connectivity index (χ1n) is 8.80. The van der Waals surface area contributed by atoms with Crippen LogP contribution in [-0.4, -0.2) is 45.7 Å². The molecule has 5 rings (SSSR count). The average molecular weight is 397 g/mol. The molecule has 6 nitrogen and oxygen atoms in total. The molecule has 1 saturated heterocycles. The summed E-state index contributed by atoms with van der Waals surface area (Å²) in [7, 11) is 0. The summed E-state index contributed by atoms with van der Waals surface area (Å²) in [6.45, 7) is 3.93. The SMILES string of the molecule is Clc1ccc(-n2c(-c3cnc(N4CCNCC4)s3)nc3ccncc32)cc1. The minimum Gasteiger partial charge on any atom is -0.346 e. The molecule has 0 spiro atoms. The number of fused-ring (bicyclic) bond motifs is 1. The molecule has 1 fully saturated rings. The molecule has 1 N–H and O–H groups in total. The van der Waals surface area contributed by atoms with Gasteiger partial charge in [0.2, 0.25) is 0 Å². The van der Waals surface area contributed by atoms with E-state index in [1.165, 1.54) is 0 Å². The van der Waals surface area contributed by atoms with Gasteiger partial charge in [-0.05, 0) is 30.3 Å². The molecule has 4 aromatic rings. The molecule has 1 aliphatic rings. The molecule has 8 heteroatoms. The highest BCUT2D eigenvalue weighted by Crippen LogP contribution is 2.34. The van der Waals surface area contributed by atoms with Gasteiger partial charge in [-0.3, -0.25) is 9.55 Å². The van der Waals surface area contributed by atoms with Crippen LogP contribution >= 0.6 is 22.9 Å². The van der Waals surface area contributed by atoms with E-state index in [1.807, 2.05) is 42.7 Å². The number of pyridine rings is 1. The predicted octanol–water partition coefficient (Wildman–Crippen LogP) is 3.61. The van der Waals surface area contributed by atoms with Crippen LogP contribution in [0.1, 0.15) is 0 Å². The van der Waals surface area contributed by atoms with Crippen molar-refractivity contribution in [3.05, 3.63) is 53.9 Å². The summed E-state index contributed by atoms with van der Waals surface area (Å²) in [6.07, 6.45) is 5.53. The van der Waals surface area contributed by atoms with Gasteiger partial charge in [0.15, 0.2) is 11.0 Å². The van der Waals surface area contributed by atoms with Crippen molar-refractivity contribution in [3.8, 4) is 16.4 Å². The number of nitrogens with one attached hydrogen (secondary N) is 1. The van der Waals surface area contributed by atoms with E-state index in [0.717, 1.165) is 58.7 Å². The van der Waals surface area contributed by atoms with E-state index in [2.05, 4.69) is 24.8 Å². The van der Waals surface area contributed by atoms with Crippen LogP contribution in [0.2, 0.25) is 5.02 Å². The van der Waals surface area contributed by atoms with E-state index in [4.69, 9.17) is 16.6 Å². The number of nitrogens with zero attached hydrogens (tertiary/aromatic N) is 5. The number of thiazole rings is 1. The maximum Gasteiger partial charge on any atom is 0.186 e. The standard InChI is InChI=1S/C19H17ClN6S/c20-13-1-3-14(4-2-13)26-16-11-22-6-5-15(16)24-18(26)17-12-23-19(27-17)25-9-7-21-8-10-25/h1-6,11-12,21H,7-10H2. The molecule has 0 aliphatic carbocycles. The third-order valence-corrected chi connectivity index (χ3v) is 5.95. The molecule has 27 heavy (non-hydrogen) atoms. The molecule has 0 unspecified atom stereocenters. The number of benzene rings is 1. The number of piperazine rings is 1. The zero-order chi connectivity index (χ0) is 18.2. The van der Waals surface area contributed by atoms with Crippen LogP contribution in [0.4, 0.5) is 5.13 Å². The number of hydrogen-bond acceptors (Lipinski definition) is 6. The first kappa shape index (κ1) is 16.7. The number of imidazole rings is 1. The van der Waals surface area contributed by atoms with Gasteiger partial charge in [-0.1, -0.05) is 22.9 Å². The summed E-state index contributed by atoms with van der Waals surface area (Å²) in [5.74, 6) is 0.874. The van der Waals surface area contributed by atoms with Crippen LogP contribution in [0.3, 0.4) is 0 Å². The van der Waals surface area contributed by atoms with E-state index >= 15 is 0 Å². The van der Waals surface area contributed by atoms with E-state index in [1.54, 1.807) is 17.5 Å². The van der Waals surface area contributed by atoms with Crippen molar-refractivity contribution in [1.82, 2.24) is 24.8 Å². The fraction of sp³-hybridized carbons (Fsp3) is 0.211. The molecule has 1 aromatic carbocycles. The molecule has 1 aliphatic heterocycles. The van der Waals surface area contributed by atoms with Gasteiger partial charge < -0.3 is 10.2 Å². The van der Waals surface area contributed by atoms with Gasteiger partial charge in [0, 0.05) is 43.1 Å². The normalized spacial score (nSPS) is 14.8. The Hall–Kier alpha value is -2.48. The number of halogens is 1. The molecule has 0 bridgehead atoms. The third-order valence-electron chi connectivity index (χ3n) is 4.64. The lowest BCUT2D eigenvalue weighted by atomic mass is 10.3. The number of anilines is 1. The Bertz CT molecular complexity index is 1080. The second-order valence-corrected chi connectivity index (χ2v) is 7.80. The minimum absolute atomic E-state index is 0.710.